The molecule has 3 amide bonds. The molecule has 9 nitrogen and oxygen atoms in total. The second-order valence-electron chi connectivity index (χ2n) is 10.4. The first-order chi connectivity index (χ1) is 18.8. The molecule has 4 unspecified atom stereocenters. The van der Waals surface area contributed by atoms with Crippen LogP contribution < -0.4 is 20.1 Å². The van der Waals surface area contributed by atoms with Gasteiger partial charge >= 0.3 is 0 Å². The number of carbonyl (C=O) groups is 3. The lowest BCUT2D eigenvalue weighted by molar-refractivity contribution is -0.143. The highest BCUT2D eigenvalue weighted by molar-refractivity contribution is 6.32. The summed E-state index contributed by atoms with van der Waals surface area (Å²) < 4.78 is 10.9. The Balaban J connectivity index is 1.31. The van der Waals surface area contributed by atoms with Crippen molar-refractivity contribution in [3.05, 3.63) is 81.9 Å². The molecule has 4 aliphatic heterocycles. The normalized spacial score (nSPS) is 26.4. The van der Waals surface area contributed by atoms with E-state index >= 15 is 0 Å². The number of hydrogen-bond acceptors (Lipinski definition) is 7. The number of benzene rings is 3. The Hall–Kier alpha value is -4.08. The average Bonchev–Trinajstić information content (AvgIpc) is 3.65. The van der Waals surface area contributed by atoms with Crippen LogP contribution in [0.1, 0.15) is 22.3 Å². The topological polar surface area (TPSA) is 117 Å². The molecule has 0 radical (unpaired) electrons. The van der Waals surface area contributed by atoms with Crippen LogP contribution in [-0.2, 0) is 32.9 Å². The van der Waals surface area contributed by atoms with Crippen molar-refractivity contribution < 1.29 is 29.0 Å². The van der Waals surface area contributed by atoms with Crippen LogP contribution in [-0.4, -0.2) is 40.6 Å². The molecule has 198 valence electrons. The van der Waals surface area contributed by atoms with Gasteiger partial charge in [0.1, 0.15) is 11.3 Å². The second-order valence-corrected chi connectivity index (χ2v) is 10.8. The van der Waals surface area contributed by atoms with E-state index in [1.165, 1.54) is 4.90 Å². The molecule has 4 aliphatic rings. The third-order valence-electron chi connectivity index (χ3n) is 8.35. The smallest absolute Gasteiger partial charge is 0.250 e. The predicted molar refractivity (Wildman–Crippen MR) is 140 cm³/mol. The van der Waals surface area contributed by atoms with Gasteiger partial charge in [0.15, 0.2) is 11.5 Å². The van der Waals surface area contributed by atoms with Crippen LogP contribution in [0.2, 0.25) is 5.02 Å². The van der Waals surface area contributed by atoms with Gasteiger partial charge in [-0.05, 0) is 60.4 Å². The molecule has 1 spiro atoms. The van der Waals surface area contributed by atoms with Crippen LogP contribution in [0.4, 0.5) is 5.69 Å². The Kier molecular flexibility index (Phi) is 5.20. The van der Waals surface area contributed by atoms with E-state index in [1.54, 1.807) is 54.6 Å². The monoisotopic (exact) mass is 545 g/mol. The van der Waals surface area contributed by atoms with Gasteiger partial charge in [0.05, 0.1) is 24.1 Å². The van der Waals surface area contributed by atoms with E-state index < -0.39 is 29.3 Å². The highest BCUT2D eigenvalue weighted by Crippen LogP contribution is 2.54. The summed E-state index contributed by atoms with van der Waals surface area (Å²) in [6.45, 7) is 1.99. The average molecular weight is 546 g/mol. The number of nitrogens with zero attached hydrogens (tertiary/aromatic N) is 1. The summed E-state index contributed by atoms with van der Waals surface area (Å²) in [6.07, 6.45) is 0.384. The molecule has 7 rings (SSSR count). The van der Waals surface area contributed by atoms with Gasteiger partial charge in [0.2, 0.25) is 24.5 Å². The van der Waals surface area contributed by atoms with Crippen molar-refractivity contribution in [1.82, 2.24) is 10.2 Å². The van der Waals surface area contributed by atoms with Gasteiger partial charge in [0, 0.05) is 16.6 Å². The molecule has 3 N–H and O–H groups in total. The molecule has 3 aromatic carbocycles. The minimum atomic E-state index is -1.42. The lowest BCUT2D eigenvalue weighted by Crippen LogP contribution is -2.53. The van der Waals surface area contributed by atoms with E-state index in [0.717, 1.165) is 11.1 Å². The number of likely N-dealkylation sites (tertiary alicyclic amines) is 1. The summed E-state index contributed by atoms with van der Waals surface area (Å²) in [5.74, 6) is -1.52. The number of carbonyl (C=O) groups excluding carboxylic acids is 3. The number of nitrogens with one attached hydrogen (secondary N) is 2. The quantitative estimate of drug-likeness (QED) is 0.431. The van der Waals surface area contributed by atoms with Crippen molar-refractivity contribution in [2.45, 2.75) is 31.5 Å². The van der Waals surface area contributed by atoms with Gasteiger partial charge in [-0.2, -0.15) is 0 Å². The van der Waals surface area contributed by atoms with Crippen LogP contribution in [0.5, 0.6) is 17.2 Å². The van der Waals surface area contributed by atoms with Crippen LogP contribution >= 0.6 is 11.6 Å². The third kappa shape index (κ3) is 3.39. The zero-order valence-electron chi connectivity index (χ0n) is 20.9. The van der Waals surface area contributed by atoms with Crippen molar-refractivity contribution in [2.75, 3.05) is 12.1 Å². The zero-order valence-corrected chi connectivity index (χ0v) is 21.6. The maximum absolute atomic E-state index is 14.1. The van der Waals surface area contributed by atoms with E-state index in [2.05, 4.69) is 10.6 Å². The molecule has 4 heterocycles. The first kappa shape index (κ1) is 24.0. The Morgan fingerprint density at radius 2 is 1.74 bits per heavy atom. The number of phenolic OH excluding ortho intramolecular Hbond substituents is 1. The molecule has 0 saturated carbocycles. The fourth-order valence-corrected chi connectivity index (χ4v) is 6.65. The van der Waals surface area contributed by atoms with E-state index in [-0.39, 0.29) is 30.9 Å². The maximum Gasteiger partial charge on any atom is 0.250 e. The Morgan fingerprint density at radius 3 is 2.54 bits per heavy atom. The number of phenols is 1. The number of ether oxygens (including phenoxy) is 2. The van der Waals surface area contributed by atoms with Gasteiger partial charge < -0.3 is 19.9 Å². The number of rotatable bonds is 4. The molecule has 10 heteroatoms. The third-order valence-corrected chi connectivity index (χ3v) is 8.75. The number of imide groups is 1. The SMILES string of the molecule is Cc1c(Cl)ccc2c1NC(=O)C21NC(Cc2ccc(O)cc2)C2C(=O)N(Cc3ccc4c(c3)OCO4)C(=O)C21. The predicted octanol–water partition coefficient (Wildman–Crippen LogP) is 3.25. The Labute approximate surface area is 228 Å². The lowest BCUT2D eigenvalue weighted by Gasteiger charge is -2.29. The van der Waals surface area contributed by atoms with Gasteiger partial charge in [-0.15, -0.1) is 0 Å². The molecule has 0 bridgehead atoms. The standard InChI is InChI=1S/C29H24ClN3O6/c1-14-19(30)8-7-18-25(14)31-28(37)29(18)24-23(20(32-29)10-15-2-5-17(34)6-3-15)26(35)33(27(24)36)12-16-4-9-21-22(11-16)39-13-38-21/h2-9,11,20,23-24,32,34H,10,12-13H2,1H3,(H,31,37). The molecule has 39 heavy (non-hydrogen) atoms. The van der Waals surface area contributed by atoms with Crippen molar-refractivity contribution in [3.63, 3.8) is 0 Å². The van der Waals surface area contributed by atoms with Crippen molar-refractivity contribution >= 4 is 35.0 Å². The number of hydrogen-bond donors (Lipinski definition) is 3. The summed E-state index contributed by atoms with van der Waals surface area (Å²) in [5, 5.41) is 16.6. The molecule has 3 aromatic rings. The van der Waals surface area contributed by atoms with Crippen molar-refractivity contribution in [3.8, 4) is 17.2 Å². The first-order valence-corrected chi connectivity index (χ1v) is 13.1. The number of halogens is 1. The number of anilines is 1. The van der Waals surface area contributed by atoms with Crippen LogP contribution in [0.25, 0.3) is 0 Å². The van der Waals surface area contributed by atoms with Gasteiger partial charge in [-0.3, -0.25) is 24.6 Å². The molecule has 2 saturated heterocycles. The number of amides is 3. The Bertz CT molecular complexity index is 1570. The van der Waals surface area contributed by atoms with Gasteiger partial charge in [-0.1, -0.05) is 35.9 Å². The fraction of sp³-hybridized carbons (Fsp3) is 0.276. The molecule has 2 fully saturated rings. The highest BCUT2D eigenvalue weighted by atomic mass is 35.5. The van der Waals surface area contributed by atoms with Crippen molar-refractivity contribution in [2.24, 2.45) is 11.8 Å². The minimum Gasteiger partial charge on any atom is -0.508 e. The summed E-state index contributed by atoms with van der Waals surface area (Å²) in [7, 11) is 0. The van der Waals surface area contributed by atoms with E-state index in [0.29, 0.717) is 39.8 Å². The van der Waals surface area contributed by atoms with Gasteiger partial charge in [-0.25, -0.2) is 0 Å². The largest absolute Gasteiger partial charge is 0.508 e. The first-order valence-electron chi connectivity index (χ1n) is 12.7. The minimum absolute atomic E-state index is 0.0530. The van der Waals surface area contributed by atoms with Crippen molar-refractivity contribution in [1.29, 1.82) is 0 Å². The molecular formula is C29H24ClN3O6. The summed E-state index contributed by atoms with van der Waals surface area (Å²) in [4.78, 5) is 43.1. The van der Waals surface area contributed by atoms with Crippen LogP contribution in [0, 0.1) is 18.8 Å². The summed E-state index contributed by atoms with van der Waals surface area (Å²) in [5.41, 5.74) is 2.04. The lowest BCUT2D eigenvalue weighted by atomic mass is 9.76. The summed E-state index contributed by atoms with van der Waals surface area (Å²) in [6, 6.07) is 15.0. The number of fused-ring (bicyclic) bond motifs is 5. The molecule has 0 aromatic heterocycles. The van der Waals surface area contributed by atoms with Gasteiger partial charge in [0.25, 0.3) is 0 Å². The van der Waals surface area contributed by atoms with E-state index in [4.69, 9.17) is 21.1 Å². The second kappa shape index (κ2) is 8.46. The summed E-state index contributed by atoms with van der Waals surface area (Å²) >= 11 is 6.36. The molecule has 0 aliphatic carbocycles. The highest BCUT2D eigenvalue weighted by Gasteiger charge is 2.70. The maximum atomic E-state index is 14.1. The fourth-order valence-electron chi connectivity index (χ4n) is 6.49. The number of aromatic hydroxyl groups is 1. The molecular weight excluding hydrogens is 522 g/mol. The van der Waals surface area contributed by atoms with Crippen LogP contribution in [0.15, 0.2) is 54.6 Å². The van der Waals surface area contributed by atoms with E-state index in [1.807, 2.05) is 6.92 Å². The zero-order chi connectivity index (χ0) is 27.1. The molecule has 4 atom stereocenters. The van der Waals surface area contributed by atoms with Crippen LogP contribution in [0.3, 0.4) is 0 Å². The van der Waals surface area contributed by atoms with E-state index in [9.17, 15) is 19.5 Å². The Morgan fingerprint density at radius 1 is 1.00 bits per heavy atom.